The summed E-state index contributed by atoms with van der Waals surface area (Å²) < 4.78 is 27.5. The van der Waals surface area contributed by atoms with Crippen molar-refractivity contribution in [2.75, 3.05) is 19.8 Å². The maximum Gasteiger partial charge on any atom is 0.400 e. The summed E-state index contributed by atoms with van der Waals surface area (Å²) in [6, 6.07) is 6.56. The minimum absolute atomic E-state index is 0.324. The van der Waals surface area contributed by atoms with Crippen molar-refractivity contribution in [2.24, 2.45) is 0 Å². The van der Waals surface area contributed by atoms with Gasteiger partial charge in [-0.15, -0.1) is 0 Å². The first-order valence-electron chi connectivity index (χ1n) is 6.58. The minimum Gasteiger partial charge on any atom is -0.462 e. The van der Waals surface area contributed by atoms with Crippen molar-refractivity contribution in [3.8, 4) is 0 Å². The summed E-state index contributed by atoms with van der Waals surface area (Å²) in [7, 11) is -0.809. The molecule has 6 heteroatoms. The van der Waals surface area contributed by atoms with Crippen molar-refractivity contribution in [1.29, 1.82) is 0 Å². The fourth-order valence-corrected chi connectivity index (χ4v) is 2.46. The molecule has 1 rings (SSSR count). The summed E-state index contributed by atoms with van der Waals surface area (Å²) in [6.07, 6.45) is 0. The van der Waals surface area contributed by atoms with Crippen LogP contribution in [-0.2, 0) is 24.3 Å². The van der Waals surface area contributed by atoms with Crippen molar-refractivity contribution in [2.45, 2.75) is 26.3 Å². The van der Waals surface area contributed by atoms with E-state index in [-0.39, 0.29) is 5.97 Å². The zero-order valence-electron chi connectivity index (χ0n) is 12.0. The van der Waals surface area contributed by atoms with Gasteiger partial charge >= 0.3 is 20.0 Å². The molecule has 0 aromatic heterocycles. The van der Waals surface area contributed by atoms with Crippen molar-refractivity contribution in [3.05, 3.63) is 35.4 Å². The van der Waals surface area contributed by atoms with Gasteiger partial charge in [0.25, 0.3) is 0 Å². The first-order valence-corrected chi connectivity index (χ1v) is 7.49. The second-order valence-electron chi connectivity index (χ2n) is 3.88. The Bertz CT molecular complexity index is 437. The predicted octanol–water partition coefficient (Wildman–Crippen LogP) is 3.07. The van der Waals surface area contributed by atoms with Crippen molar-refractivity contribution in [1.82, 2.24) is 0 Å². The number of hydrogen-bond acceptors (Lipinski definition) is 5. The second-order valence-corrected chi connectivity index (χ2v) is 4.74. The molecule has 0 amide bonds. The summed E-state index contributed by atoms with van der Waals surface area (Å²) in [4.78, 5) is 11.6. The van der Waals surface area contributed by atoms with Crippen LogP contribution in [0.2, 0.25) is 0 Å². The Balaban J connectivity index is 3.04. The molecular formula is C14H20O5P+. The highest BCUT2D eigenvalue weighted by Gasteiger charge is 2.43. The molecule has 0 radical (unpaired) electrons. The second kappa shape index (κ2) is 8.10. The zero-order chi connectivity index (χ0) is 15.0. The maximum atomic E-state index is 11.6. The van der Waals surface area contributed by atoms with E-state index in [1.165, 1.54) is 0 Å². The summed E-state index contributed by atoms with van der Waals surface area (Å²) in [5.41, 5.74) is -0.217. The van der Waals surface area contributed by atoms with Gasteiger partial charge in [-0.1, -0.05) is 4.57 Å². The van der Waals surface area contributed by atoms with Gasteiger partial charge in [-0.3, -0.25) is 0 Å². The molecule has 20 heavy (non-hydrogen) atoms. The Morgan fingerprint density at radius 3 is 2.00 bits per heavy atom. The van der Waals surface area contributed by atoms with Crippen LogP contribution in [0, 0.1) is 0 Å². The lowest BCUT2D eigenvalue weighted by atomic mass is 10.1. The predicted molar refractivity (Wildman–Crippen MR) is 76.3 cm³/mol. The van der Waals surface area contributed by atoms with Gasteiger partial charge in [-0.05, 0) is 45.0 Å². The smallest absolute Gasteiger partial charge is 0.400 e. The first-order chi connectivity index (χ1) is 9.63. The van der Waals surface area contributed by atoms with Crippen molar-refractivity contribution in [3.63, 3.8) is 0 Å². The fraction of sp³-hybridized carbons (Fsp3) is 0.500. The highest BCUT2D eigenvalue weighted by atomic mass is 31.1. The van der Waals surface area contributed by atoms with Crippen LogP contribution < -0.4 is 0 Å². The Morgan fingerprint density at radius 1 is 1.05 bits per heavy atom. The summed E-state index contributed by atoms with van der Waals surface area (Å²) in [5, 5.41) is 0. The van der Waals surface area contributed by atoms with Gasteiger partial charge in [0.05, 0.1) is 30.9 Å². The Morgan fingerprint density at radius 2 is 1.60 bits per heavy atom. The molecule has 1 atom stereocenters. The lowest BCUT2D eigenvalue weighted by Gasteiger charge is -2.20. The van der Waals surface area contributed by atoms with Gasteiger partial charge in [-0.25, -0.2) is 4.79 Å². The lowest BCUT2D eigenvalue weighted by molar-refractivity contribution is -0.176. The molecule has 110 valence electrons. The number of hydrogen-bond donors (Lipinski definition) is 0. The lowest BCUT2D eigenvalue weighted by Crippen LogP contribution is -2.27. The summed E-state index contributed by atoms with van der Waals surface area (Å²) in [5.74, 6) is -0.387. The fourth-order valence-electron chi connectivity index (χ4n) is 1.77. The van der Waals surface area contributed by atoms with E-state index in [4.69, 9.17) is 14.2 Å². The largest absolute Gasteiger partial charge is 0.462 e. The number of carbonyl (C=O) groups excluding carboxylic acids is 1. The van der Waals surface area contributed by atoms with Gasteiger partial charge in [0, 0.05) is 0 Å². The normalized spacial score (nSPS) is 11.6. The van der Waals surface area contributed by atoms with Crippen LogP contribution in [0.5, 0.6) is 0 Å². The number of carbonyl (C=O) groups is 1. The third-order valence-electron chi connectivity index (χ3n) is 2.61. The third kappa shape index (κ3) is 3.85. The number of benzene rings is 1. The molecule has 0 saturated carbocycles. The van der Waals surface area contributed by atoms with E-state index < -0.39 is 14.0 Å². The standard InChI is InChI=1S/C14H19O5P/c1-4-17-13(15)11-7-9-12(10-8-11)14(20-16,18-5-2)19-6-3/h7-10H,4-6H2,1-3H3/p+1. The van der Waals surface area contributed by atoms with E-state index in [0.29, 0.717) is 30.9 Å². The van der Waals surface area contributed by atoms with E-state index in [1.807, 2.05) is 0 Å². The topological polar surface area (TPSA) is 61.8 Å². The molecule has 0 heterocycles. The van der Waals surface area contributed by atoms with Crippen LogP contribution in [0.25, 0.3) is 0 Å². The molecule has 0 fully saturated rings. The highest BCUT2D eigenvalue weighted by molar-refractivity contribution is 7.24. The Hall–Kier alpha value is -1.29. The van der Waals surface area contributed by atoms with E-state index in [9.17, 15) is 9.36 Å². The van der Waals surface area contributed by atoms with Crippen LogP contribution >= 0.6 is 8.46 Å². The highest BCUT2D eigenvalue weighted by Crippen LogP contribution is 2.38. The van der Waals surface area contributed by atoms with E-state index in [0.717, 1.165) is 0 Å². The van der Waals surface area contributed by atoms with Crippen LogP contribution in [0.4, 0.5) is 0 Å². The maximum absolute atomic E-state index is 11.6. The Labute approximate surface area is 120 Å². The van der Waals surface area contributed by atoms with Crippen LogP contribution in [-0.4, -0.2) is 25.8 Å². The number of ether oxygens (including phenoxy) is 3. The number of rotatable bonds is 8. The first kappa shape index (κ1) is 16.8. The van der Waals surface area contributed by atoms with E-state index in [1.54, 1.807) is 45.0 Å². The average Bonchev–Trinajstić information content (AvgIpc) is 2.47. The van der Waals surface area contributed by atoms with Gasteiger partial charge in [0.1, 0.15) is 0 Å². The molecule has 1 aromatic carbocycles. The molecule has 1 unspecified atom stereocenters. The molecule has 0 N–H and O–H groups in total. The molecule has 0 spiro atoms. The van der Waals surface area contributed by atoms with E-state index >= 15 is 0 Å². The summed E-state index contributed by atoms with van der Waals surface area (Å²) >= 11 is 0. The van der Waals surface area contributed by atoms with Gasteiger partial charge in [0.15, 0.2) is 0 Å². The van der Waals surface area contributed by atoms with Crippen LogP contribution in [0.3, 0.4) is 0 Å². The van der Waals surface area contributed by atoms with Crippen molar-refractivity contribution >= 4 is 14.4 Å². The minimum atomic E-state index is -1.27. The molecule has 0 aliphatic carbocycles. The quantitative estimate of drug-likeness (QED) is 0.419. The molecule has 0 bridgehead atoms. The monoisotopic (exact) mass is 299 g/mol. The number of esters is 1. The third-order valence-corrected chi connectivity index (χ3v) is 3.45. The Kier molecular flexibility index (Phi) is 6.79. The molecule has 1 aromatic rings. The molecule has 5 nitrogen and oxygen atoms in total. The van der Waals surface area contributed by atoms with Crippen LogP contribution in [0.1, 0.15) is 36.7 Å². The average molecular weight is 299 g/mol. The van der Waals surface area contributed by atoms with Crippen LogP contribution in [0.15, 0.2) is 24.3 Å². The van der Waals surface area contributed by atoms with E-state index in [2.05, 4.69) is 0 Å². The zero-order valence-corrected chi connectivity index (χ0v) is 13.0. The molecule has 0 aliphatic rings. The van der Waals surface area contributed by atoms with Gasteiger partial charge in [-0.2, -0.15) is 0 Å². The van der Waals surface area contributed by atoms with Crippen molar-refractivity contribution < 1.29 is 23.6 Å². The SMILES string of the molecule is CCOC(=O)c1ccc(C(OCC)(OCC)[PH+]=O)cc1. The molecule has 0 aliphatic heterocycles. The van der Waals surface area contributed by atoms with Gasteiger partial charge in [0.2, 0.25) is 0 Å². The molecule has 0 saturated heterocycles. The molecular weight excluding hydrogens is 279 g/mol. The summed E-state index contributed by atoms with van der Waals surface area (Å²) in [6.45, 7) is 6.43. The van der Waals surface area contributed by atoms with Gasteiger partial charge < -0.3 is 14.2 Å².